The molecule has 0 bridgehead atoms. The predicted octanol–water partition coefficient (Wildman–Crippen LogP) is 2.27. The van der Waals surface area contributed by atoms with Crippen molar-refractivity contribution in [2.45, 2.75) is 12.2 Å². The van der Waals surface area contributed by atoms with Crippen molar-refractivity contribution in [3.63, 3.8) is 0 Å². The molecule has 0 saturated heterocycles. The molecule has 11 nitrogen and oxygen atoms in total. The highest BCUT2D eigenvalue weighted by molar-refractivity contribution is 6.08. The lowest BCUT2D eigenvalue weighted by Gasteiger charge is -2.36. The number of carbonyl (C=O) groups is 2. The molecular weight excluding hydrogens is 474 g/mol. The molecule has 2 heterocycles. The normalized spacial score (nSPS) is 23.0. The number of nitrogens with zero attached hydrogens (tertiary/aromatic N) is 1. The Balaban J connectivity index is 1.73. The zero-order valence-electron chi connectivity index (χ0n) is 20.4. The number of esters is 2. The van der Waals surface area contributed by atoms with Crippen LogP contribution in [0, 0.1) is 11.8 Å². The van der Waals surface area contributed by atoms with Crippen molar-refractivity contribution in [2.75, 3.05) is 42.2 Å². The quantitative estimate of drug-likeness (QED) is 0.547. The van der Waals surface area contributed by atoms with E-state index >= 15 is 0 Å². The molecule has 0 aromatic heterocycles. The van der Waals surface area contributed by atoms with Crippen LogP contribution in [0.3, 0.4) is 0 Å². The highest BCUT2D eigenvalue weighted by Gasteiger charge is 2.50. The maximum Gasteiger partial charge on any atom is 0.389 e. The molecule has 1 aliphatic carbocycles. The second-order valence-electron chi connectivity index (χ2n) is 8.34. The van der Waals surface area contributed by atoms with Crippen molar-refractivity contribution in [2.24, 2.45) is 17.0 Å². The zero-order chi connectivity index (χ0) is 25.6. The third-order valence-corrected chi connectivity index (χ3v) is 6.67. The number of fused-ring (bicyclic) bond motifs is 4. The van der Waals surface area contributed by atoms with Crippen molar-refractivity contribution >= 4 is 17.7 Å². The molecule has 2 aliphatic heterocycles. The Labute approximate surface area is 206 Å². The Kier molecular flexibility index (Phi) is 5.99. The van der Waals surface area contributed by atoms with Gasteiger partial charge in [-0.2, -0.15) is 0 Å². The number of hydrogen-bond donors (Lipinski definition) is 0. The summed E-state index contributed by atoms with van der Waals surface area (Å²) in [7, 11) is 7.16. The van der Waals surface area contributed by atoms with Crippen LogP contribution in [0.5, 0.6) is 28.7 Å². The number of benzene rings is 2. The maximum atomic E-state index is 13.2. The van der Waals surface area contributed by atoms with Gasteiger partial charge in [-0.3, -0.25) is 4.79 Å². The molecule has 1 unspecified atom stereocenters. The van der Waals surface area contributed by atoms with Gasteiger partial charge in [0.05, 0.1) is 53.1 Å². The largest absolute Gasteiger partial charge is 0.493 e. The first-order chi connectivity index (χ1) is 17.4. The van der Waals surface area contributed by atoms with E-state index < -0.39 is 30.1 Å². The van der Waals surface area contributed by atoms with Gasteiger partial charge in [-0.05, 0) is 35.4 Å². The summed E-state index contributed by atoms with van der Waals surface area (Å²) in [6.45, 7) is 0.203. The Hall–Kier alpha value is -4.15. The number of rotatable bonds is 6. The first kappa shape index (κ1) is 23.6. The molecule has 0 amide bonds. The van der Waals surface area contributed by atoms with Crippen LogP contribution in [0.4, 0.5) is 0 Å². The molecule has 11 heteroatoms. The van der Waals surface area contributed by atoms with Crippen molar-refractivity contribution < 1.29 is 47.6 Å². The van der Waals surface area contributed by atoms with Gasteiger partial charge in [0.15, 0.2) is 23.0 Å². The van der Waals surface area contributed by atoms with E-state index in [1.54, 1.807) is 24.3 Å². The summed E-state index contributed by atoms with van der Waals surface area (Å²) < 4.78 is 38.0. The van der Waals surface area contributed by atoms with Gasteiger partial charge in [-0.15, -0.1) is 0 Å². The van der Waals surface area contributed by atoms with Gasteiger partial charge in [0, 0.05) is 11.5 Å². The minimum absolute atomic E-state index is 0.203. The second kappa shape index (κ2) is 9.14. The minimum Gasteiger partial charge on any atom is -0.493 e. The molecule has 2 aromatic carbocycles. The summed E-state index contributed by atoms with van der Waals surface area (Å²) in [5.74, 6) is -0.693. The summed E-state index contributed by atoms with van der Waals surface area (Å²) in [5.41, 5.74) is 2.74. The topological polar surface area (TPSA) is 120 Å². The lowest BCUT2D eigenvalue weighted by Crippen LogP contribution is -2.40. The van der Waals surface area contributed by atoms with Gasteiger partial charge < -0.3 is 38.0 Å². The van der Waals surface area contributed by atoms with Crippen molar-refractivity contribution in [1.82, 2.24) is 0 Å². The van der Waals surface area contributed by atoms with Crippen LogP contribution in [-0.4, -0.2) is 66.1 Å². The second-order valence-corrected chi connectivity index (χ2v) is 8.34. The van der Waals surface area contributed by atoms with E-state index in [-0.39, 0.29) is 12.5 Å². The minimum atomic E-state index is -1.23. The lowest BCUT2D eigenvalue weighted by molar-refractivity contribution is -0.158. The van der Waals surface area contributed by atoms with Gasteiger partial charge >= 0.3 is 18.2 Å². The monoisotopic (exact) mass is 499 g/mol. The fourth-order valence-corrected chi connectivity index (χ4v) is 5.07. The summed E-state index contributed by atoms with van der Waals surface area (Å²) in [6.07, 6.45) is -1.23. The fraction of sp³-hybridized carbons (Fsp3) is 0.400. The SMILES string of the molecule is COC(=O)C1Oc2cc3c(cc2O1)[C@@H](c1cc(OC)c(OC)c(OC)c1)[C@@H](C(=O)OC)[C@@H]1CON=C31. The zero-order valence-corrected chi connectivity index (χ0v) is 20.4. The number of carbonyl (C=O) groups excluding carboxylic acids is 2. The molecule has 190 valence electrons. The molecule has 0 fully saturated rings. The third-order valence-electron chi connectivity index (χ3n) is 6.67. The Morgan fingerprint density at radius 1 is 0.861 bits per heavy atom. The third kappa shape index (κ3) is 3.53. The molecule has 4 atom stereocenters. The molecule has 2 aromatic rings. The van der Waals surface area contributed by atoms with E-state index in [0.717, 1.165) is 5.56 Å². The van der Waals surface area contributed by atoms with E-state index in [1.807, 2.05) is 0 Å². The van der Waals surface area contributed by atoms with Crippen LogP contribution < -0.4 is 23.7 Å². The maximum absolute atomic E-state index is 13.2. The number of methoxy groups -OCH3 is 5. The Morgan fingerprint density at radius 3 is 2.08 bits per heavy atom. The van der Waals surface area contributed by atoms with Crippen LogP contribution in [0.15, 0.2) is 29.4 Å². The first-order valence-electron chi connectivity index (χ1n) is 11.1. The van der Waals surface area contributed by atoms with Crippen LogP contribution in [-0.2, 0) is 23.9 Å². The predicted molar refractivity (Wildman–Crippen MR) is 123 cm³/mol. The summed E-state index contributed by atoms with van der Waals surface area (Å²) in [5, 5.41) is 4.24. The van der Waals surface area contributed by atoms with Gasteiger partial charge in [-0.25, -0.2) is 4.79 Å². The van der Waals surface area contributed by atoms with Crippen LogP contribution >= 0.6 is 0 Å². The molecule has 0 saturated carbocycles. The van der Waals surface area contributed by atoms with Gasteiger partial charge in [-0.1, -0.05) is 5.16 Å². The molecular formula is C25H25NO10. The number of ether oxygens (including phenoxy) is 7. The van der Waals surface area contributed by atoms with E-state index in [2.05, 4.69) is 5.16 Å². The Bertz CT molecular complexity index is 1230. The summed E-state index contributed by atoms with van der Waals surface area (Å²) >= 11 is 0. The molecule has 0 N–H and O–H groups in total. The smallest absolute Gasteiger partial charge is 0.389 e. The number of oxime groups is 1. The Morgan fingerprint density at radius 2 is 1.50 bits per heavy atom. The standard InChI is InChI=1S/C25H25NO10/c1-29-17-6-11(7-18(30-2)22(17)31-3)19-12-8-15-16(36-25(35-15)24(28)33-5)9-13(12)21-14(10-34-26-21)20(19)23(27)32-4/h6-9,14,19-20,25H,10H2,1-5H3/t14-,19+,20-,25?/m0/s1. The van der Waals surface area contributed by atoms with Gasteiger partial charge in [0.2, 0.25) is 5.75 Å². The fourth-order valence-electron chi connectivity index (χ4n) is 5.07. The van der Waals surface area contributed by atoms with Crippen LogP contribution in [0.25, 0.3) is 0 Å². The molecule has 0 radical (unpaired) electrons. The van der Waals surface area contributed by atoms with E-state index in [9.17, 15) is 9.59 Å². The number of hydrogen-bond acceptors (Lipinski definition) is 11. The van der Waals surface area contributed by atoms with E-state index in [0.29, 0.717) is 45.6 Å². The molecule has 5 rings (SSSR count). The average molecular weight is 499 g/mol. The van der Waals surface area contributed by atoms with Crippen molar-refractivity contribution in [3.05, 3.63) is 41.0 Å². The van der Waals surface area contributed by atoms with Crippen LogP contribution in [0.1, 0.15) is 22.6 Å². The molecule has 3 aliphatic rings. The molecule has 36 heavy (non-hydrogen) atoms. The lowest BCUT2D eigenvalue weighted by atomic mass is 9.65. The van der Waals surface area contributed by atoms with E-state index in [4.69, 9.17) is 38.0 Å². The van der Waals surface area contributed by atoms with Crippen molar-refractivity contribution in [1.29, 1.82) is 0 Å². The van der Waals surface area contributed by atoms with Crippen LogP contribution in [0.2, 0.25) is 0 Å². The van der Waals surface area contributed by atoms with E-state index in [1.165, 1.54) is 35.5 Å². The van der Waals surface area contributed by atoms with Gasteiger partial charge in [0.25, 0.3) is 0 Å². The highest BCUT2D eigenvalue weighted by atomic mass is 16.7. The summed E-state index contributed by atoms with van der Waals surface area (Å²) in [4.78, 5) is 30.7. The highest BCUT2D eigenvalue weighted by Crippen LogP contribution is 2.52. The van der Waals surface area contributed by atoms with Crippen molar-refractivity contribution in [3.8, 4) is 28.7 Å². The average Bonchev–Trinajstić information content (AvgIpc) is 3.56. The van der Waals surface area contributed by atoms with Gasteiger partial charge in [0.1, 0.15) is 6.61 Å². The summed E-state index contributed by atoms with van der Waals surface area (Å²) in [6, 6.07) is 7.08. The molecule has 0 spiro atoms. The first-order valence-corrected chi connectivity index (χ1v) is 11.1.